The minimum Gasteiger partial charge on any atom is -0.198 e. The van der Waals surface area contributed by atoms with E-state index in [1.807, 2.05) is 0 Å². The van der Waals surface area contributed by atoms with Gasteiger partial charge in [-0.2, -0.15) is 5.26 Å². The van der Waals surface area contributed by atoms with Gasteiger partial charge in [-0.1, -0.05) is 18.0 Å². The van der Waals surface area contributed by atoms with Crippen LogP contribution in [-0.2, 0) is 0 Å². The fourth-order valence-corrected chi connectivity index (χ4v) is 3.31. The normalized spacial score (nSPS) is 39.7. The zero-order valence-electron chi connectivity index (χ0n) is 8.84. The van der Waals surface area contributed by atoms with Gasteiger partial charge in [0.2, 0.25) is 0 Å². The molecule has 2 aliphatic rings. The Balaban J connectivity index is 2.16. The summed E-state index contributed by atoms with van der Waals surface area (Å²) in [5.41, 5.74) is 8.53. The third-order valence-electron chi connectivity index (χ3n) is 4.03. The highest BCUT2D eigenvalue weighted by Gasteiger charge is 2.40. The molecule has 15 heavy (non-hydrogen) atoms. The topological polar surface area (TPSA) is 72.5 Å². The molecule has 2 rings (SSSR count). The largest absolute Gasteiger partial charge is 0.198 e. The second kappa shape index (κ2) is 4.55. The summed E-state index contributed by atoms with van der Waals surface area (Å²) in [4.78, 5) is 2.94. The standard InChI is InChI=1S/C11H16N4/c12-7-8-5-6-11(14-15-13)10-4-2-1-3-9(8)10/h8-11H,1-6H2. The number of azide groups is 1. The first-order chi connectivity index (χ1) is 7.36. The molecule has 80 valence electrons. The van der Waals surface area contributed by atoms with E-state index in [0.717, 1.165) is 25.7 Å². The molecule has 0 heterocycles. The first-order valence-corrected chi connectivity index (χ1v) is 5.80. The maximum Gasteiger partial charge on any atom is 0.0658 e. The van der Waals surface area contributed by atoms with E-state index in [0.29, 0.717) is 11.8 Å². The second-order valence-electron chi connectivity index (χ2n) is 4.70. The van der Waals surface area contributed by atoms with Crippen molar-refractivity contribution in [1.82, 2.24) is 0 Å². The molecular weight excluding hydrogens is 188 g/mol. The van der Waals surface area contributed by atoms with Gasteiger partial charge in [-0.15, -0.1) is 0 Å². The first-order valence-electron chi connectivity index (χ1n) is 5.80. The van der Waals surface area contributed by atoms with Crippen LogP contribution in [0, 0.1) is 29.1 Å². The van der Waals surface area contributed by atoms with E-state index in [9.17, 15) is 0 Å². The Morgan fingerprint density at radius 3 is 2.53 bits per heavy atom. The average Bonchev–Trinajstić information content (AvgIpc) is 2.30. The molecule has 0 aromatic heterocycles. The SMILES string of the molecule is N#CC1CCC(N=[N+]=[N-])C2CCCCC12. The molecule has 2 fully saturated rings. The maximum atomic E-state index is 9.09. The van der Waals surface area contributed by atoms with Gasteiger partial charge >= 0.3 is 0 Å². The van der Waals surface area contributed by atoms with Crippen LogP contribution < -0.4 is 0 Å². The molecule has 4 unspecified atom stereocenters. The highest BCUT2D eigenvalue weighted by Crippen LogP contribution is 2.44. The van der Waals surface area contributed by atoms with Gasteiger partial charge in [0.05, 0.1) is 6.07 Å². The summed E-state index contributed by atoms with van der Waals surface area (Å²) in [6.45, 7) is 0. The van der Waals surface area contributed by atoms with Crippen LogP contribution in [0.25, 0.3) is 10.4 Å². The van der Waals surface area contributed by atoms with E-state index in [2.05, 4.69) is 16.1 Å². The molecule has 0 radical (unpaired) electrons. The molecule has 0 saturated heterocycles. The summed E-state index contributed by atoms with van der Waals surface area (Å²) in [6.07, 6.45) is 6.59. The average molecular weight is 204 g/mol. The van der Waals surface area contributed by atoms with Crippen LogP contribution in [-0.4, -0.2) is 6.04 Å². The Hall–Kier alpha value is -1.20. The highest BCUT2D eigenvalue weighted by molar-refractivity contribution is 5.00. The van der Waals surface area contributed by atoms with Gasteiger partial charge in [-0.3, -0.25) is 0 Å². The summed E-state index contributed by atoms with van der Waals surface area (Å²) >= 11 is 0. The van der Waals surface area contributed by atoms with Crippen LogP contribution in [0.1, 0.15) is 38.5 Å². The molecule has 0 amide bonds. The molecule has 0 aromatic carbocycles. The lowest BCUT2D eigenvalue weighted by Gasteiger charge is -2.42. The van der Waals surface area contributed by atoms with Crippen molar-refractivity contribution in [2.24, 2.45) is 22.9 Å². The van der Waals surface area contributed by atoms with Crippen molar-refractivity contribution in [3.63, 3.8) is 0 Å². The predicted molar refractivity (Wildman–Crippen MR) is 56.7 cm³/mol. The van der Waals surface area contributed by atoms with Crippen LogP contribution >= 0.6 is 0 Å². The third kappa shape index (κ3) is 1.93. The van der Waals surface area contributed by atoms with Crippen molar-refractivity contribution in [2.45, 2.75) is 44.6 Å². The van der Waals surface area contributed by atoms with Gasteiger partial charge in [0.15, 0.2) is 0 Å². The Bertz CT molecular complexity index is 313. The van der Waals surface area contributed by atoms with Gasteiger partial charge in [0.1, 0.15) is 0 Å². The van der Waals surface area contributed by atoms with Crippen molar-refractivity contribution in [3.05, 3.63) is 10.4 Å². The molecule has 0 spiro atoms. The Kier molecular flexibility index (Phi) is 3.13. The number of fused-ring (bicyclic) bond motifs is 1. The molecule has 2 aliphatic carbocycles. The van der Waals surface area contributed by atoms with Gasteiger partial charge in [-0.05, 0) is 43.1 Å². The minimum absolute atomic E-state index is 0.157. The van der Waals surface area contributed by atoms with Gasteiger partial charge in [0.25, 0.3) is 0 Å². The minimum atomic E-state index is 0.157. The molecule has 4 heteroatoms. The molecule has 4 nitrogen and oxygen atoms in total. The Morgan fingerprint density at radius 2 is 1.87 bits per heavy atom. The maximum absolute atomic E-state index is 9.09. The Morgan fingerprint density at radius 1 is 1.13 bits per heavy atom. The molecule has 4 atom stereocenters. The van der Waals surface area contributed by atoms with Crippen molar-refractivity contribution in [2.75, 3.05) is 0 Å². The summed E-state index contributed by atoms with van der Waals surface area (Å²) in [7, 11) is 0. The van der Waals surface area contributed by atoms with Crippen molar-refractivity contribution in [3.8, 4) is 6.07 Å². The zero-order valence-corrected chi connectivity index (χ0v) is 8.84. The van der Waals surface area contributed by atoms with E-state index in [1.54, 1.807) is 0 Å². The van der Waals surface area contributed by atoms with Gasteiger partial charge in [0, 0.05) is 16.9 Å². The van der Waals surface area contributed by atoms with Gasteiger partial charge in [-0.25, -0.2) is 0 Å². The quantitative estimate of drug-likeness (QED) is 0.366. The lowest BCUT2D eigenvalue weighted by Crippen LogP contribution is -2.38. The van der Waals surface area contributed by atoms with Crippen molar-refractivity contribution < 1.29 is 0 Å². The van der Waals surface area contributed by atoms with E-state index >= 15 is 0 Å². The Labute approximate surface area is 89.9 Å². The van der Waals surface area contributed by atoms with Crippen molar-refractivity contribution in [1.29, 1.82) is 5.26 Å². The number of rotatable bonds is 1. The van der Waals surface area contributed by atoms with Crippen LogP contribution in [0.4, 0.5) is 0 Å². The van der Waals surface area contributed by atoms with Gasteiger partial charge < -0.3 is 0 Å². The molecule has 0 N–H and O–H groups in total. The van der Waals surface area contributed by atoms with E-state index in [-0.39, 0.29) is 12.0 Å². The predicted octanol–water partition coefficient (Wildman–Crippen LogP) is 3.41. The number of nitriles is 1. The molecular formula is C11H16N4. The highest BCUT2D eigenvalue weighted by atomic mass is 15.2. The summed E-state index contributed by atoms with van der Waals surface area (Å²) in [5.74, 6) is 1.18. The summed E-state index contributed by atoms with van der Waals surface area (Å²) in [5, 5.41) is 13.0. The fourth-order valence-electron chi connectivity index (χ4n) is 3.31. The van der Waals surface area contributed by atoms with E-state index in [4.69, 9.17) is 10.8 Å². The summed E-state index contributed by atoms with van der Waals surface area (Å²) < 4.78 is 0. The smallest absolute Gasteiger partial charge is 0.0658 e. The molecule has 2 saturated carbocycles. The summed E-state index contributed by atoms with van der Waals surface area (Å²) in [6, 6.07) is 2.59. The molecule has 0 aromatic rings. The lowest BCUT2D eigenvalue weighted by molar-refractivity contribution is 0.112. The number of hydrogen-bond donors (Lipinski definition) is 0. The van der Waals surface area contributed by atoms with E-state index in [1.165, 1.54) is 12.8 Å². The lowest BCUT2D eigenvalue weighted by atomic mass is 9.64. The first kappa shape index (κ1) is 10.3. The second-order valence-corrected chi connectivity index (χ2v) is 4.70. The molecule has 0 bridgehead atoms. The molecule has 0 aliphatic heterocycles. The number of nitrogens with zero attached hydrogens (tertiary/aromatic N) is 4. The monoisotopic (exact) mass is 204 g/mol. The van der Waals surface area contributed by atoms with Crippen LogP contribution in [0.3, 0.4) is 0 Å². The van der Waals surface area contributed by atoms with Crippen LogP contribution in [0.5, 0.6) is 0 Å². The fraction of sp³-hybridized carbons (Fsp3) is 0.909. The van der Waals surface area contributed by atoms with Crippen LogP contribution in [0.15, 0.2) is 5.11 Å². The van der Waals surface area contributed by atoms with E-state index < -0.39 is 0 Å². The van der Waals surface area contributed by atoms with Crippen LogP contribution in [0.2, 0.25) is 0 Å². The van der Waals surface area contributed by atoms with Crippen molar-refractivity contribution >= 4 is 0 Å². The zero-order chi connectivity index (χ0) is 10.7. The third-order valence-corrected chi connectivity index (χ3v) is 4.03. The number of hydrogen-bond acceptors (Lipinski definition) is 2.